The van der Waals surface area contributed by atoms with Crippen LogP contribution in [0.5, 0.6) is 0 Å². The Morgan fingerprint density at radius 3 is 2.70 bits per heavy atom. The fraction of sp³-hybridized carbons (Fsp3) is 0.750. The lowest BCUT2D eigenvalue weighted by Gasteiger charge is -2.55. The zero-order chi connectivity index (χ0) is 16.8. The van der Waals surface area contributed by atoms with Crippen molar-refractivity contribution in [1.82, 2.24) is 0 Å². The molecule has 3 aliphatic rings. The highest BCUT2D eigenvalue weighted by Crippen LogP contribution is 2.61. The van der Waals surface area contributed by atoms with Crippen LogP contribution in [0.15, 0.2) is 23.8 Å². The van der Waals surface area contributed by atoms with Gasteiger partial charge in [-0.1, -0.05) is 39.8 Å². The van der Waals surface area contributed by atoms with Crippen molar-refractivity contribution in [2.75, 3.05) is 0 Å². The molecular weight excluding hydrogens is 288 g/mol. The van der Waals surface area contributed by atoms with Crippen molar-refractivity contribution >= 4 is 6.29 Å². The molecule has 1 aliphatic heterocycles. The summed E-state index contributed by atoms with van der Waals surface area (Å²) in [5, 5.41) is 10.5. The normalized spacial score (nSPS) is 43.1. The molecule has 0 aromatic heterocycles. The van der Waals surface area contributed by atoms with Crippen LogP contribution in [0.4, 0.5) is 0 Å². The molecule has 128 valence electrons. The van der Waals surface area contributed by atoms with Crippen molar-refractivity contribution in [2.45, 2.75) is 71.7 Å². The van der Waals surface area contributed by atoms with Crippen LogP contribution in [0.3, 0.4) is 0 Å². The summed E-state index contributed by atoms with van der Waals surface area (Å²) in [4.78, 5) is 11.7. The fourth-order valence-corrected chi connectivity index (χ4v) is 5.84. The van der Waals surface area contributed by atoms with Gasteiger partial charge < -0.3 is 9.84 Å². The van der Waals surface area contributed by atoms with Gasteiger partial charge in [-0.25, -0.2) is 0 Å². The Kier molecular flexibility index (Phi) is 4.31. The highest BCUT2D eigenvalue weighted by atomic mass is 16.6. The summed E-state index contributed by atoms with van der Waals surface area (Å²) >= 11 is 0. The van der Waals surface area contributed by atoms with Crippen LogP contribution in [-0.2, 0) is 9.53 Å². The minimum absolute atomic E-state index is 0.116. The maximum Gasteiger partial charge on any atom is 0.155 e. The molecule has 3 rings (SSSR count). The van der Waals surface area contributed by atoms with Crippen LogP contribution in [0.2, 0.25) is 0 Å². The number of ether oxygens (including phenoxy) is 1. The SMILES string of the molecule is C=CC1=C(C=O)[C@@H]2O[C@@H](O)C[C@H]3C(C)(C)CCC[C@]3(C)[C@H]2CC1. The van der Waals surface area contributed by atoms with E-state index >= 15 is 0 Å². The minimum atomic E-state index is -0.786. The van der Waals surface area contributed by atoms with E-state index in [1.807, 2.05) is 0 Å². The van der Waals surface area contributed by atoms with Gasteiger partial charge in [0, 0.05) is 12.0 Å². The van der Waals surface area contributed by atoms with E-state index < -0.39 is 6.29 Å². The lowest BCUT2D eigenvalue weighted by atomic mass is 9.49. The summed E-state index contributed by atoms with van der Waals surface area (Å²) in [5.41, 5.74) is 2.02. The van der Waals surface area contributed by atoms with Gasteiger partial charge in [0.05, 0.1) is 6.10 Å². The maximum absolute atomic E-state index is 11.7. The van der Waals surface area contributed by atoms with E-state index in [1.54, 1.807) is 6.08 Å². The topological polar surface area (TPSA) is 46.5 Å². The first-order valence-electron chi connectivity index (χ1n) is 8.97. The third kappa shape index (κ3) is 2.62. The molecule has 1 saturated heterocycles. The Morgan fingerprint density at radius 1 is 1.30 bits per heavy atom. The molecule has 0 spiro atoms. The molecule has 0 unspecified atom stereocenters. The first-order chi connectivity index (χ1) is 10.8. The molecule has 1 saturated carbocycles. The fourth-order valence-electron chi connectivity index (χ4n) is 5.84. The molecule has 5 atom stereocenters. The summed E-state index contributed by atoms with van der Waals surface area (Å²) in [5.74, 6) is 0.722. The quantitative estimate of drug-likeness (QED) is 0.782. The van der Waals surface area contributed by atoms with Gasteiger partial charge in [-0.05, 0) is 53.9 Å². The van der Waals surface area contributed by atoms with E-state index in [-0.39, 0.29) is 16.9 Å². The number of aliphatic hydroxyl groups excluding tert-OH is 1. The lowest BCUT2D eigenvalue weighted by Crippen LogP contribution is -2.49. The Labute approximate surface area is 139 Å². The predicted octanol–water partition coefficient (Wildman–Crippen LogP) is 4.02. The summed E-state index contributed by atoms with van der Waals surface area (Å²) in [7, 11) is 0. The minimum Gasteiger partial charge on any atom is -0.368 e. The van der Waals surface area contributed by atoms with Gasteiger partial charge in [0.25, 0.3) is 0 Å². The first kappa shape index (κ1) is 16.9. The molecule has 2 aliphatic carbocycles. The van der Waals surface area contributed by atoms with E-state index in [4.69, 9.17) is 4.74 Å². The number of hydrogen-bond acceptors (Lipinski definition) is 3. The number of allylic oxidation sites excluding steroid dienone is 2. The third-order valence-corrected chi connectivity index (χ3v) is 7.00. The molecule has 23 heavy (non-hydrogen) atoms. The van der Waals surface area contributed by atoms with Gasteiger partial charge in [-0.15, -0.1) is 0 Å². The molecule has 0 radical (unpaired) electrons. The molecule has 1 N–H and O–H groups in total. The van der Waals surface area contributed by atoms with Crippen LogP contribution in [-0.4, -0.2) is 23.8 Å². The van der Waals surface area contributed by atoms with Gasteiger partial charge in [0.1, 0.15) is 6.29 Å². The number of aliphatic hydroxyl groups is 1. The molecule has 0 bridgehead atoms. The number of rotatable bonds is 2. The largest absolute Gasteiger partial charge is 0.368 e. The van der Waals surface area contributed by atoms with Crippen LogP contribution >= 0.6 is 0 Å². The molecule has 1 heterocycles. The number of hydrogen-bond donors (Lipinski definition) is 1. The molecule has 2 fully saturated rings. The van der Waals surface area contributed by atoms with Crippen LogP contribution in [0.25, 0.3) is 0 Å². The van der Waals surface area contributed by atoms with Crippen LogP contribution in [0, 0.1) is 22.7 Å². The number of aldehydes is 1. The standard InChI is InChI=1S/C20H30O3/c1-5-13-7-8-15-18(14(13)12-21)23-17(22)11-16-19(2,3)9-6-10-20(15,16)4/h5,12,15-18,22H,1,6-11H2,2-4H3/t15-,16-,17+,18-,20+/m0/s1. The molecule has 3 nitrogen and oxygen atoms in total. The van der Waals surface area contributed by atoms with Crippen molar-refractivity contribution in [1.29, 1.82) is 0 Å². The van der Waals surface area contributed by atoms with E-state index in [1.165, 1.54) is 12.8 Å². The molecule has 0 amide bonds. The molecular formula is C20H30O3. The smallest absolute Gasteiger partial charge is 0.155 e. The second-order valence-electron chi connectivity index (χ2n) is 8.60. The second-order valence-corrected chi connectivity index (χ2v) is 8.60. The van der Waals surface area contributed by atoms with Gasteiger partial charge in [0.2, 0.25) is 0 Å². The van der Waals surface area contributed by atoms with Crippen molar-refractivity contribution < 1.29 is 14.6 Å². The van der Waals surface area contributed by atoms with Crippen LogP contribution < -0.4 is 0 Å². The second kappa shape index (κ2) is 5.86. The first-order valence-corrected chi connectivity index (χ1v) is 8.97. The van der Waals surface area contributed by atoms with Crippen molar-refractivity contribution in [3.63, 3.8) is 0 Å². The average molecular weight is 318 g/mol. The van der Waals surface area contributed by atoms with Gasteiger partial charge >= 0.3 is 0 Å². The molecule has 0 aromatic carbocycles. The predicted molar refractivity (Wildman–Crippen MR) is 90.7 cm³/mol. The van der Waals surface area contributed by atoms with Crippen molar-refractivity contribution in [2.24, 2.45) is 22.7 Å². The zero-order valence-corrected chi connectivity index (χ0v) is 14.7. The molecule has 3 heteroatoms. The highest BCUT2D eigenvalue weighted by molar-refractivity contribution is 5.77. The van der Waals surface area contributed by atoms with Crippen molar-refractivity contribution in [3.8, 4) is 0 Å². The van der Waals surface area contributed by atoms with Gasteiger partial charge in [0.15, 0.2) is 6.29 Å². The number of fused-ring (bicyclic) bond motifs is 3. The highest BCUT2D eigenvalue weighted by Gasteiger charge is 2.56. The van der Waals surface area contributed by atoms with E-state index in [9.17, 15) is 9.90 Å². The van der Waals surface area contributed by atoms with E-state index in [0.717, 1.165) is 31.1 Å². The Hall–Kier alpha value is -0.930. The Morgan fingerprint density at radius 2 is 2.04 bits per heavy atom. The number of carbonyl (C=O) groups excluding carboxylic acids is 1. The van der Waals surface area contributed by atoms with E-state index in [0.29, 0.717) is 23.8 Å². The zero-order valence-electron chi connectivity index (χ0n) is 14.7. The monoisotopic (exact) mass is 318 g/mol. The number of carbonyl (C=O) groups is 1. The lowest BCUT2D eigenvalue weighted by molar-refractivity contribution is -0.141. The summed E-state index contributed by atoms with van der Waals surface area (Å²) < 4.78 is 6.02. The van der Waals surface area contributed by atoms with Crippen molar-refractivity contribution in [3.05, 3.63) is 23.8 Å². The van der Waals surface area contributed by atoms with Crippen LogP contribution in [0.1, 0.15) is 59.3 Å². The summed E-state index contributed by atoms with van der Waals surface area (Å²) in [6.45, 7) is 10.9. The third-order valence-electron chi connectivity index (χ3n) is 7.00. The maximum atomic E-state index is 11.7. The summed E-state index contributed by atoms with van der Waals surface area (Å²) in [6, 6.07) is 0. The van der Waals surface area contributed by atoms with Gasteiger partial charge in [-0.3, -0.25) is 4.79 Å². The summed E-state index contributed by atoms with van der Waals surface area (Å²) in [6.07, 6.45) is 7.79. The average Bonchev–Trinajstić information content (AvgIpc) is 2.61. The van der Waals surface area contributed by atoms with E-state index in [2.05, 4.69) is 27.4 Å². The Balaban J connectivity index is 2.08. The Bertz CT molecular complexity index is 533. The van der Waals surface area contributed by atoms with Gasteiger partial charge in [-0.2, -0.15) is 0 Å². The molecule has 0 aromatic rings.